The Morgan fingerprint density at radius 3 is 2.29 bits per heavy atom. The zero-order chi connectivity index (χ0) is 21.8. The lowest BCUT2D eigenvalue weighted by molar-refractivity contribution is 0.0955. The van der Waals surface area contributed by atoms with Crippen molar-refractivity contribution in [1.82, 2.24) is 0 Å². The largest absolute Gasteiger partial charge is 0.467 e. The Labute approximate surface area is 180 Å². The number of anilines is 1. The number of nitrogens with zero attached hydrogens (tertiary/aromatic N) is 1. The summed E-state index contributed by atoms with van der Waals surface area (Å²) in [6.07, 6.45) is 1.55. The summed E-state index contributed by atoms with van der Waals surface area (Å²) in [7, 11) is -3.58. The fourth-order valence-electron chi connectivity index (χ4n) is 3.17. The topological polar surface area (TPSA) is 80.7 Å². The molecule has 0 atom stereocenters. The third-order valence-corrected chi connectivity index (χ3v) is 6.45. The minimum Gasteiger partial charge on any atom is -0.467 e. The van der Waals surface area contributed by atoms with Gasteiger partial charge in [0, 0.05) is 5.69 Å². The minimum absolute atomic E-state index is 0.0605. The van der Waals surface area contributed by atoms with E-state index in [0.29, 0.717) is 11.4 Å². The number of benzene rings is 2. The molecule has 7 heteroatoms. The van der Waals surface area contributed by atoms with Gasteiger partial charge in [0.15, 0.2) is 15.6 Å². The smallest absolute Gasteiger partial charge is 0.294 e. The highest BCUT2D eigenvalue weighted by Crippen LogP contribution is 2.24. The molecule has 0 radical (unpaired) electrons. The van der Waals surface area contributed by atoms with Crippen molar-refractivity contribution in [3.05, 3.63) is 108 Å². The maximum atomic E-state index is 13.2. The summed E-state index contributed by atoms with van der Waals surface area (Å²) in [5.41, 5.74) is 1.75. The zero-order valence-corrected chi connectivity index (χ0v) is 17.7. The average Bonchev–Trinajstić information content (AvgIpc) is 3.45. The number of hydrogen-bond donors (Lipinski definition) is 0. The molecule has 0 saturated heterocycles. The summed E-state index contributed by atoms with van der Waals surface area (Å²) in [5, 5.41) is 0. The molecule has 0 aliphatic carbocycles. The minimum atomic E-state index is -3.58. The van der Waals surface area contributed by atoms with Crippen molar-refractivity contribution in [1.29, 1.82) is 0 Å². The molecule has 0 N–H and O–H groups in total. The highest BCUT2D eigenvalue weighted by molar-refractivity contribution is 7.90. The molecule has 2 aromatic carbocycles. The number of rotatable bonds is 7. The summed E-state index contributed by atoms with van der Waals surface area (Å²) in [4.78, 5) is 15.0. The number of aryl methyl sites for hydroxylation is 1. The van der Waals surface area contributed by atoms with Gasteiger partial charge in [0.05, 0.1) is 17.7 Å². The molecule has 1 amide bonds. The van der Waals surface area contributed by atoms with E-state index in [1.807, 2.05) is 31.2 Å². The van der Waals surface area contributed by atoms with E-state index in [2.05, 4.69) is 0 Å². The third-order valence-electron chi connectivity index (χ3n) is 4.79. The second-order valence-electron chi connectivity index (χ2n) is 7.14. The van der Waals surface area contributed by atoms with E-state index in [4.69, 9.17) is 8.83 Å². The van der Waals surface area contributed by atoms with Crippen LogP contribution in [0.2, 0.25) is 0 Å². The normalized spacial score (nSPS) is 11.4. The van der Waals surface area contributed by atoms with Crippen molar-refractivity contribution in [2.75, 3.05) is 4.90 Å². The monoisotopic (exact) mass is 435 g/mol. The van der Waals surface area contributed by atoms with Gasteiger partial charge in [-0.05, 0) is 55.5 Å². The van der Waals surface area contributed by atoms with E-state index in [1.165, 1.54) is 29.2 Å². The summed E-state index contributed by atoms with van der Waals surface area (Å²) in [5.74, 6) is 0.169. The molecule has 0 aliphatic rings. The molecule has 4 aromatic rings. The Kier molecular flexibility index (Phi) is 5.77. The molecule has 158 valence electrons. The van der Waals surface area contributed by atoms with E-state index in [0.717, 1.165) is 5.56 Å². The molecular formula is C24H21NO5S. The van der Waals surface area contributed by atoms with Crippen LogP contribution in [0.5, 0.6) is 0 Å². The molecule has 0 saturated carbocycles. The van der Waals surface area contributed by atoms with Gasteiger partial charge >= 0.3 is 0 Å². The van der Waals surface area contributed by atoms with Crippen LogP contribution in [0.1, 0.15) is 27.6 Å². The molecular weight excluding hydrogens is 414 g/mol. The molecule has 4 rings (SSSR count). The lowest BCUT2D eigenvalue weighted by Gasteiger charge is -2.21. The fourth-order valence-corrected chi connectivity index (χ4v) is 4.43. The lowest BCUT2D eigenvalue weighted by Crippen LogP contribution is -2.30. The maximum absolute atomic E-state index is 13.2. The second-order valence-corrected chi connectivity index (χ2v) is 9.13. The quantitative estimate of drug-likeness (QED) is 0.408. The summed E-state index contributed by atoms with van der Waals surface area (Å²) >= 11 is 0. The van der Waals surface area contributed by atoms with Crippen molar-refractivity contribution < 1.29 is 22.0 Å². The van der Waals surface area contributed by atoms with Crippen LogP contribution in [-0.4, -0.2) is 14.3 Å². The first-order chi connectivity index (χ1) is 14.9. The van der Waals surface area contributed by atoms with E-state index >= 15 is 0 Å². The Bertz CT molecular complexity index is 1260. The zero-order valence-electron chi connectivity index (χ0n) is 16.9. The van der Waals surface area contributed by atoms with Crippen LogP contribution in [0, 0.1) is 6.92 Å². The van der Waals surface area contributed by atoms with Gasteiger partial charge in [-0.2, -0.15) is 0 Å². The molecule has 6 nitrogen and oxygen atoms in total. The van der Waals surface area contributed by atoms with Crippen LogP contribution in [-0.2, 0) is 22.1 Å². The van der Waals surface area contributed by atoms with Crippen LogP contribution in [0.4, 0.5) is 5.69 Å². The van der Waals surface area contributed by atoms with Gasteiger partial charge in [0.1, 0.15) is 17.3 Å². The standard InChI is InChI=1S/C24H21NO5S/c1-18-9-11-19(12-10-18)25(16-20-6-5-15-29-20)24(26)23-14-13-21(30-23)17-31(27,28)22-7-3-2-4-8-22/h2-15H,16-17H2,1H3. The summed E-state index contributed by atoms with van der Waals surface area (Å²) in [6.45, 7) is 2.18. The fraction of sp³-hybridized carbons (Fsp3) is 0.125. The first-order valence-electron chi connectivity index (χ1n) is 9.70. The van der Waals surface area contributed by atoms with Crippen LogP contribution < -0.4 is 4.90 Å². The van der Waals surface area contributed by atoms with Gasteiger partial charge in [0.25, 0.3) is 5.91 Å². The molecule has 0 aliphatic heterocycles. The van der Waals surface area contributed by atoms with Gasteiger partial charge in [-0.25, -0.2) is 8.42 Å². The van der Waals surface area contributed by atoms with Gasteiger partial charge in [-0.15, -0.1) is 0 Å². The van der Waals surface area contributed by atoms with Crippen molar-refractivity contribution in [2.45, 2.75) is 24.1 Å². The van der Waals surface area contributed by atoms with Crippen LogP contribution >= 0.6 is 0 Å². The Morgan fingerprint density at radius 1 is 0.871 bits per heavy atom. The van der Waals surface area contributed by atoms with Gasteiger partial charge in [-0.3, -0.25) is 9.69 Å². The molecule has 0 fully saturated rings. The second kappa shape index (κ2) is 8.65. The number of amides is 1. The van der Waals surface area contributed by atoms with Crippen LogP contribution in [0.15, 0.2) is 98.9 Å². The van der Waals surface area contributed by atoms with Gasteiger partial charge in [0.2, 0.25) is 0 Å². The maximum Gasteiger partial charge on any atom is 0.294 e. The highest BCUT2D eigenvalue weighted by atomic mass is 32.2. The Morgan fingerprint density at radius 2 is 1.61 bits per heavy atom. The number of carbonyl (C=O) groups is 1. The number of furan rings is 2. The van der Waals surface area contributed by atoms with E-state index in [9.17, 15) is 13.2 Å². The average molecular weight is 436 g/mol. The van der Waals surface area contributed by atoms with Crippen molar-refractivity contribution in [2.24, 2.45) is 0 Å². The predicted octanol–water partition coefficient (Wildman–Crippen LogP) is 5.00. The molecule has 2 heterocycles. The molecule has 0 unspecified atom stereocenters. The molecule has 0 spiro atoms. The molecule has 0 bridgehead atoms. The van der Waals surface area contributed by atoms with Crippen molar-refractivity contribution in [3.63, 3.8) is 0 Å². The summed E-state index contributed by atoms with van der Waals surface area (Å²) < 4.78 is 36.3. The first kappa shape index (κ1) is 20.7. The summed E-state index contributed by atoms with van der Waals surface area (Å²) in [6, 6.07) is 22.2. The number of hydrogen-bond acceptors (Lipinski definition) is 5. The Balaban J connectivity index is 1.59. The third kappa shape index (κ3) is 4.78. The van der Waals surface area contributed by atoms with E-state index in [-0.39, 0.29) is 34.6 Å². The van der Waals surface area contributed by atoms with Crippen LogP contribution in [0.3, 0.4) is 0 Å². The predicted molar refractivity (Wildman–Crippen MR) is 116 cm³/mol. The van der Waals surface area contributed by atoms with Gasteiger partial charge in [-0.1, -0.05) is 35.9 Å². The van der Waals surface area contributed by atoms with Crippen molar-refractivity contribution >= 4 is 21.4 Å². The molecule has 2 aromatic heterocycles. The van der Waals surface area contributed by atoms with Gasteiger partial charge < -0.3 is 8.83 Å². The highest BCUT2D eigenvalue weighted by Gasteiger charge is 2.24. The molecule has 31 heavy (non-hydrogen) atoms. The number of carbonyl (C=O) groups excluding carboxylic acids is 1. The lowest BCUT2D eigenvalue weighted by atomic mass is 10.2. The number of sulfone groups is 1. The SMILES string of the molecule is Cc1ccc(N(Cc2ccco2)C(=O)c2ccc(CS(=O)(=O)c3ccccc3)o2)cc1. The first-order valence-corrected chi connectivity index (χ1v) is 11.3. The van der Waals surface area contributed by atoms with Crippen LogP contribution in [0.25, 0.3) is 0 Å². The van der Waals surface area contributed by atoms with E-state index in [1.54, 1.807) is 36.6 Å². The van der Waals surface area contributed by atoms with Crippen molar-refractivity contribution in [3.8, 4) is 0 Å². The Hall–Kier alpha value is -3.58. The van der Waals surface area contributed by atoms with E-state index < -0.39 is 9.84 Å².